The summed E-state index contributed by atoms with van der Waals surface area (Å²) in [7, 11) is 0. The molecule has 0 aromatic heterocycles. The number of likely N-dealkylation sites (tertiary alicyclic amines) is 1. The second-order valence-electron chi connectivity index (χ2n) is 6.88. The van der Waals surface area contributed by atoms with Crippen molar-refractivity contribution in [1.29, 1.82) is 0 Å². The van der Waals surface area contributed by atoms with Crippen LogP contribution in [0.15, 0.2) is 24.3 Å². The Balaban J connectivity index is 1.84. The molecule has 0 N–H and O–H groups in total. The van der Waals surface area contributed by atoms with E-state index in [2.05, 4.69) is 0 Å². The van der Waals surface area contributed by atoms with Crippen LogP contribution in [0, 0.1) is 10.1 Å². The Morgan fingerprint density at radius 2 is 1.92 bits per heavy atom. The second-order valence-corrected chi connectivity index (χ2v) is 6.88. The molecule has 142 valence electrons. The normalized spacial score (nSPS) is 16.9. The highest BCUT2D eigenvalue weighted by atomic mass is 16.7. The fourth-order valence-corrected chi connectivity index (χ4v) is 2.50. The molecule has 0 saturated carbocycles. The fraction of sp³-hybridized carbons (Fsp3) is 0.529. The molecule has 1 aromatic carbocycles. The summed E-state index contributed by atoms with van der Waals surface area (Å²) in [5.74, 6) is 0.135. The summed E-state index contributed by atoms with van der Waals surface area (Å²) in [5.41, 5.74) is -0.704. The average molecular weight is 366 g/mol. The number of carbonyl (C=O) groups is 2. The number of non-ortho nitro benzene ring substituents is 1. The van der Waals surface area contributed by atoms with Gasteiger partial charge in [0.1, 0.15) is 18.0 Å². The number of hydrogen-bond acceptors (Lipinski definition) is 7. The molecule has 1 aliphatic rings. The van der Waals surface area contributed by atoms with Crippen LogP contribution in [0.5, 0.6) is 5.75 Å². The summed E-state index contributed by atoms with van der Waals surface area (Å²) >= 11 is 0. The molecule has 1 atom stereocenters. The van der Waals surface area contributed by atoms with Crippen LogP contribution >= 0.6 is 0 Å². The zero-order valence-electron chi connectivity index (χ0n) is 15.0. The zero-order chi connectivity index (χ0) is 19.3. The summed E-state index contributed by atoms with van der Waals surface area (Å²) in [6.45, 7) is 5.89. The Labute approximate surface area is 151 Å². The second kappa shape index (κ2) is 8.03. The minimum absolute atomic E-state index is 0.00887. The highest BCUT2D eigenvalue weighted by molar-refractivity contribution is 5.69. The van der Waals surface area contributed by atoms with Crippen molar-refractivity contribution in [1.82, 2.24) is 4.90 Å². The molecule has 9 heteroatoms. The molecule has 1 fully saturated rings. The third kappa shape index (κ3) is 5.61. The molecule has 1 aliphatic heterocycles. The molecule has 2 rings (SSSR count). The average Bonchev–Trinajstić information content (AvgIpc) is 3.00. The van der Waals surface area contributed by atoms with Crippen molar-refractivity contribution in [3.8, 4) is 5.75 Å². The van der Waals surface area contributed by atoms with Crippen LogP contribution < -0.4 is 4.74 Å². The molecule has 1 amide bonds. The summed E-state index contributed by atoms with van der Waals surface area (Å²) in [5, 5.41) is 10.6. The number of amides is 1. The minimum atomic E-state index is -0.935. The van der Waals surface area contributed by atoms with Crippen molar-refractivity contribution >= 4 is 17.9 Å². The van der Waals surface area contributed by atoms with Crippen LogP contribution in [0.2, 0.25) is 0 Å². The molecular formula is C17H22N2O7. The summed E-state index contributed by atoms with van der Waals surface area (Å²) < 4.78 is 15.4. The highest BCUT2D eigenvalue weighted by Gasteiger charge is 2.33. The molecule has 1 unspecified atom stereocenters. The number of nitro benzene ring substituents is 1. The molecule has 1 aromatic rings. The Morgan fingerprint density at radius 1 is 1.27 bits per heavy atom. The summed E-state index contributed by atoms with van der Waals surface area (Å²) in [4.78, 5) is 35.5. The molecular weight excluding hydrogens is 344 g/mol. The minimum Gasteiger partial charge on any atom is -0.444 e. The van der Waals surface area contributed by atoms with Crippen molar-refractivity contribution in [2.45, 2.75) is 45.3 Å². The Kier molecular flexibility index (Phi) is 6.01. The first-order chi connectivity index (χ1) is 12.2. The standard InChI is InChI=1S/C17H22N2O7/c1-17(2,3)26-15(20)18-10-4-5-13(18)11-24-16(21)25-14-8-6-12(7-9-14)19(22)23/h6-9,13H,4-5,10-11H2,1-3H3. The lowest BCUT2D eigenvalue weighted by Crippen LogP contribution is -2.42. The predicted molar refractivity (Wildman–Crippen MR) is 91.0 cm³/mol. The maximum atomic E-state index is 12.2. The Bertz CT molecular complexity index is 667. The smallest absolute Gasteiger partial charge is 0.444 e. The number of carbonyl (C=O) groups excluding carboxylic acids is 2. The maximum Gasteiger partial charge on any atom is 0.513 e. The number of benzene rings is 1. The van der Waals surface area contributed by atoms with Gasteiger partial charge in [0.15, 0.2) is 0 Å². The first-order valence-corrected chi connectivity index (χ1v) is 8.24. The molecule has 1 heterocycles. The van der Waals surface area contributed by atoms with Gasteiger partial charge in [0.05, 0.1) is 11.0 Å². The van der Waals surface area contributed by atoms with E-state index in [9.17, 15) is 19.7 Å². The molecule has 1 saturated heterocycles. The van der Waals surface area contributed by atoms with E-state index in [0.717, 1.165) is 6.42 Å². The van der Waals surface area contributed by atoms with Gasteiger partial charge in [-0.25, -0.2) is 9.59 Å². The third-order valence-electron chi connectivity index (χ3n) is 3.65. The van der Waals surface area contributed by atoms with Gasteiger partial charge in [0, 0.05) is 18.7 Å². The van der Waals surface area contributed by atoms with Gasteiger partial charge in [-0.05, 0) is 45.7 Å². The lowest BCUT2D eigenvalue weighted by molar-refractivity contribution is -0.384. The largest absolute Gasteiger partial charge is 0.513 e. The zero-order valence-corrected chi connectivity index (χ0v) is 15.0. The van der Waals surface area contributed by atoms with Crippen LogP contribution in [0.4, 0.5) is 15.3 Å². The number of hydrogen-bond donors (Lipinski definition) is 0. The Morgan fingerprint density at radius 3 is 2.50 bits per heavy atom. The van der Waals surface area contributed by atoms with Gasteiger partial charge in [0.25, 0.3) is 5.69 Å². The van der Waals surface area contributed by atoms with Crippen molar-refractivity contribution in [2.75, 3.05) is 13.2 Å². The van der Waals surface area contributed by atoms with Gasteiger partial charge in [-0.15, -0.1) is 0 Å². The van der Waals surface area contributed by atoms with Crippen LogP contribution in [0.3, 0.4) is 0 Å². The first-order valence-electron chi connectivity index (χ1n) is 8.24. The monoisotopic (exact) mass is 366 g/mol. The fourth-order valence-electron chi connectivity index (χ4n) is 2.50. The van der Waals surface area contributed by atoms with E-state index in [1.54, 1.807) is 25.7 Å². The van der Waals surface area contributed by atoms with Crippen molar-refractivity contribution in [2.24, 2.45) is 0 Å². The van der Waals surface area contributed by atoms with E-state index < -0.39 is 22.8 Å². The van der Waals surface area contributed by atoms with Crippen molar-refractivity contribution < 1.29 is 28.7 Å². The van der Waals surface area contributed by atoms with Gasteiger partial charge >= 0.3 is 12.2 Å². The topological polar surface area (TPSA) is 108 Å². The number of ether oxygens (including phenoxy) is 3. The predicted octanol–water partition coefficient (Wildman–Crippen LogP) is 3.51. The van der Waals surface area contributed by atoms with Crippen LogP contribution in [-0.2, 0) is 9.47 Å². The first kappa shape index (κ1) is 19.5. The van der Waals surface area contributed by atoms with Gasteiger partial charge in [0.2, 0.25) is 0 Å². The van der Waals surface area contributed by atoms with Crippen molar-refractivity contribution in [3.05, 3.63) is 34.4 Å². The highest BCUT2D eigenvalue weighted by Crippen LogP contribution is 2.22. The summed E-state index contributed by atoms with van der Waals surface area (Å²) in [6.07, 6.45) is 0.122. The molecule has 0 bridgehead atoms. The molecule has 0 spiro atoms. The SMILES string of the molecule is CC(C)(C)OC(=O)N1CCCC1COC(=O)Oc1ccc([N+](=O)[O-])cc1. The number of nitrogens with zero attached hydrogens (tertiary/aromatic N) is 2. The Hall–Kier alpha value is -2.84. The molecule has 0 aliphatic carbocycles. The van der Waals surface area contributed by atoms with E-state index in [-0.39, 0.29) is 24.1 Å². The molecule has 9 nitrogen and oxygen atoms in total. The third-order valence-corrected chi connectivity index (χ3v) is 3.65. The van der Waals surface area contributed by atoms with Gasteiger partial charge in [-0.3, -0.25) is 10.1 Å². The van der Waals surface area contributed by atoms with E-state index in [1.165, 1.54) is 24.3 Å². The maximum absolute atomic E-state index is 12.2. The van der Waals surface area contributed by atoms with E-state index in [4.69, 9.17) is 14.2 Å². The van der Waals surface area contributed by atoms with Crippen molar-refractivity contribution in [3.63, 3.8) is 0 Å². The lowest BCUT2D eigenvalue weighted by Gasteiger charge is -2.28. The number of rotatable bonds is 4. The molecule has 0 radical (unpaired) electrons. The van der Waals surface area contributed by atoms with Gasteiger partial charge in [-0.1, -0.05) is 0 Å². The van der Waals surface area contributed by atoms with Gasteiger partial charge in [-0.2, -0.15) is 0 Å². The summed E-state index contributed by atoms with van der Waals surface area (Å²) in [6, 6.07) is 4.80. The van der Waals surface area contributed by atoms with E-state index in [0.29, 0.717) is 13.0 Å². The lowest BCUT2D eigenvalue weighted by atomic mass is 10.2. The van der Waals surface area contributed by atoms with E-state index in [1.807, 2.05) is 0 Å². The van der Waals surface area contributed by atoms with Crippen LogP contribution in [0.1, 0.15) is 33.6 Å². The quantitative estimate of drug-likeness (QED) is 0.347. The van der Waals surface area contributed by atoms with E-state index >= 15 is 0 Å². The number of nitro groups is 1. The molecule has 26 heavy (non-hydrogen) atoms. The van der Waals surface area contributed by atoms with Gasteiger partial charge < -0.3 is 19.1 Å². The van der Waals surface area contributed by atoms with Crippen LogP contribution in [-0.4, -0.2) is 46.9 Å². The van der Waals surface area contributed by atoms with Crippen LogP contribution in [0.25, 0.3) is 0 Å².